The van der Waals surface area contributed by atoms with Gasteiger partial charge in [-0.15, -0.1) is 13.2 Å². The van der Waals surface area contributed by atoms with Crippen LogP contribution in [0, 0.1) is 13.8 Å². The van der Waals surface area contributed by atoms with Gasteiger partial charge < -0.3 is 15.0 Å². The summed E-state index contributed by atoms with van der Waals surface area (Å²) in [6.45, 7) is 7.41. The number of ether oxygens (including phenoxy) is 1. The molecule has 0 saturated carbocycles. The van der Waals surface area contributed by atoms with Gasteiger partial charge in [-0.1, -0.05) is 12.1 Å². The Morgan fingerprint density at radius 2 is 1.78 bits per heavy atom. The summed E-state index contributed by atoms with van der Waals surface area (Å²) in [4.78, 5) is 6.50. The summed E-state index contributed by atoms with van der Waals surface area (Å²) in [5.74, 6) is -0.225. The molecule has 0 heterocycles. The molecule has 0 aliphatic carbocycles. The number of nitrogens with one attached hydrogen (secondary N) is 1. The fraction of sp³-hybridized carbons (Fsp3) is 0.350. The lowest BCUT2D eigenvalue weighted by Crippen LogP contribution is -2.17. The van der Waals surface area contributed by atoms with Gasteiger partial charge in [0.15, 0.2) is 0 Å². The van der Waals surface area contributed by atoms with Gasteiger partial charge in [0, 0.05) is 25.8 Å². The van der Waals surface area contributed by atoms with E-state index in [4.69, 9.17) is 0 Å². The number of hydrogen-bond acceptors (Lipinski definition) is 3. The maximum atomic E-state index is 12.2. The van der Waals surface area contributed by atoms with E-state index >= 15 is 0 Å². The van der Waals surface area contributed by atoms with Crippen molar-refractivity contribution in [2.75, 3.05) is 18.9 Å². The fourth-order valence-corrected chi connectivity index (χ4v) is 2.38. The molecule has 1 N–H and O–H groups in total. The molecule has 0 bridgehead atoms. The molecule has 2 aromatic rings. The van der Waals surface area contributed by atoms with Crippen LogP contribution in [0.4, 0.5) is 24.5 Å². The monoisotopic (exact) mass is 379 g/mol. The summed E-state index contributed by atoms with van der Waals surface area (Å²) in [5.41, 5.74) is 4.81. The number of halogens is 3. The van der Waals surface area contributed by atoms with E-state index in [1.165, 1.54) is 12.1 Å². The number of alkyl halides is 3. The predicted octanol–water partition coefficient (Wildman–Crippen LogP) is 5.43. The Labute approximate surface area is 157 Å². The van der Waals surface area contributed by atoms with Crippen LogP contribution >= 0.6 is 0 Å². The third-order valence-electron chi connectivity index (χ3n) is 4.08. The molecule has 0 amide bonds. The second kappa shape index (κ2) is 8.79. The third-order valence-corrected chi connectivity index (χ3v) is 4.08. The first-order valence-electron chi connectivity index (χ1n) is 8.62. The molecule has 0 fully saturated rings. The maximum Gasteiger partial charge on any atom is 0.573 e. The van der Waals surface area contributed by atoms with Crippen LogP contribution in [0.15, 0.2) is 41.4 Å². The van der Waals surface area contributed by atoms with Gasteiger partial charge in [-0.2, -0.15) is 0 Å². The molecule has 146 valence electrons. The predicted molar refractivity (Wildman–Crippen MR) is 103 cm³/mol. The Balaban J connectivity index is 2.03. The quantitative estimate of drug-likeness (QED) is 0.515. The highest BCUT2D eigenvalue weighted by molar-refractivity contribution is 5.67. The Kier molecular flexibility index (Phi) is 6.71. The topological polar surface area (TPSA) is 36.9 Å². The summed E-state index contributed by atoms with van der Waals surface area (Å²) < 4.78 is 40.5. The number of aliphatic imine (C=N–C) groups is 1. The van der Waals surface area contributed by atoms with Crippen molar-refractivity contribution in [3.8, 4) is 5.75 Å². The fourth-order valence-electron chi connectivity index (χ4n) is 2.38. The first kappa shape index (κ1) is 20.6. The van der Waals surface area contributed by atoms with E-state index in [-0.39, 0.29) is 5.75 Å². The van der Waals surface area contributed by atoms with Gasteiger partial charge in [0.05, 0.1) is 12.0 Å². The lowest BCUT2D eigenvalue weighted by atomic mass is 10.1. The molecule has 0 aromatic heterocycles. The molecule has 4 nitrogen and oxygen atoms in total. The molecule has 0 spiro atoms. The lowest BCUT2D eigenvalue weighted by Gasteiger charge is -2.14. The van der Waals surface area contributed by atoms with Gasteiger partial charge in [-0.25, -0.2) is 4.99 Å². The zero-order valence-corrected chi connectivity index (χ0v) is 15.9. The molecular weight excluding hydrogens is 355 g/mol. The number of benzene rings is 2. The average Bonchev–Trinajstić information content (AvgIpc) is 2.60. The molecule has 0 aliphatic rings. The summed E-state index contributed by atoms with van der Waals surface area (Å²) in [7, 11) is 1.96. The van der Waals surface area contributed by atoms with Crippen LogP contribution in [0.5, 0.6) is 5.75 Å². The van der Waals surface area contributed by atoms with Crippen LogP contribution in [-0.4, -0.2) is 31.2 Å². The SMILES string of the molecule is CCN(C)C=Nc1cc(C)c(NCc2ccc(OC(F)(F)F)cc2)cc1C. The number of aryl methyl sites for hydroxylation is 2. The van der Waals surface area contributed by atoms with Crippen molar-refractivity contribution in [2.45, 2.75) is 33.7 Å². The molecule has 0 saturated heterocycles. The van der Waals surface area contributed by atoms with E-state index in [2.05, 4.69) is 22.0 Å². The molecule has 0 radical (unpaired) electrons. The number of nitrogens with zero attached hydrogens (tertiary/aromatic N) is 2. The van der Waals surface area contributed by atoms with E-state index in [0.29, 0.717) is 6.54 Å². The first-order chi connectivity index (χ1) is 12.7. The molecule has 0 atom stereocenters. The van der Waals surface area contributed by atoms with Crippen LogP contribution in [0.25, 0.3) is 0 Å². The van der Waals surface area contributed by atoms with Gasteiger partial charge in [-0.3, -0.25) is 0 Å². The second-order valence-corrected chi connectivity index (χ2v) is 6.32. The van der Waals surface area contributed by atoms with Crippen molar-refractivity contribution in [2.24, 2.45) is 4.99 Å². The lowest BCUT2D eigenvalue weighted by molar-refractivity contribution is -0.274. The van der Waals surface area contributed by atoms with E-state index in [1.807, 2.05) is 37.9 Å². The van der Waals surface area contributed by atoms with Crippen LogP contribution in [0.1, 0.15) is 23.6 Å². The highest BCUT2D eigenvalue weighted by Gasteiger charge is 2.30. The van der Waals surface area contributed by atoms with Crippen LogP contribution in [-0.2, 0) is 6.54 Å². The van der Waals surface area contributed by atoms with Crippen LogP contribution in [0.2, 0.25) is 0 Å². The van der Waals surface area contributed by atoms with Crippen molar-refractivity contribution in [3.63, 3.8) is 0 Å². The smallest absolute Gasteiger partial charge is 0.406 e. The van der Waals surface area contributed by atoms with E-state index in [1.54, 1.807) is 18.5 Å². The van der Waals surface area contributed by atoms with Crippen molar-refractivity contribution >= 4 is 17.7 Å². The highest BCUT2D eigenvalue weighted by atomic mass is 19.4. The van der Waals surface area contributed by atoms with Gasteiger partial charge in [0.25, 0.3) is 0 Å². The third kappa shape index (κ3) is 6.51. The first-order valence-corrected chi connectivity index (χ1v) is 8.62. The molecule has 0 unspecified atom stereocenters. The number of rotatable bonds is 7. The molecule has 2 aromatic carbocycles. The highest BCUT2D eigenvalue weighted by Crippen LogP contribution is 2.27. The van der Waals surface area contributed by atoms with E-state index in [9.17, 15) is 13.2 Å². The van der Waals surface area contributed by atoms with Gasteiger partial charge in [0.2, 0.25) is 0 Å². The van der Waals surface area contributed by atoms with Gasteiger partial charge in [-0.05, 0) is 61.7 Å². The Bertz CT molecular complexity index is 786. The minimum absolute atomic E-state index is 0.225. The number of hydrogen-bond donors (Lipinski definition) is 1. The zero-order chi connectivity index (χ0) is 20.0. The number of anilines is 1. The molecule has 27 heavy (non-hydrogen) atoms. The molecular formula is C20H24F3N3O. The summed E-state index contributed by atoms with van der Waals surface area (Å²) in [5, 5.41) is 3.32. The summed E-state index contributed by atoms with van der Waals surface area (Å²) >= 11 is 0. The maximum absolute atomic E-state index is 12.2. The standard InChI is InChI=1S/C20H24F3N3O/c1-5-26(4)13-25-19-11-14(2)18(10-15(19)3)24-12-16-6-8-17(9-7-16)27-20(21,22)23/h6-11,13,24H,5,12H2,1-4H3. The summed E-state index contributed by atoms with van der Waals surface area (Å²) in [6.07, 6.45) is -2.87. The second-order valence-electron chi connectivity index (χ2n) is 6.32. The molecule has 0 aliphatic heterocycles. The minimum Gasteiger partial charge on any atom is -0.406 e. The van der Waals surface area contributed by atoms with Crippen LogP contribution in [0.3, 0.4) is 0 Å². The minimum atomic E-state index is -4.68. The molecule has 7 heteroatoms. The Morgan fingerprint density at radius 1 is 1.11 bits per heavy atom. The average molecular weight is 379 g/mol. The van der Waals surface area contributed by atoms with Crippen molar-refractivity contribution in [1.29, 1.82) is 0 Å². The zero-order valence-electron chi connectivity index (χ0n) is 15.9. The van der Waals surface area contributed by atoms with E-state index < -0.39 is 6.36 Å². The molecule has 2 rings (SSSR count). The Hall–Kier alpha value is -2.70. The van der Waals surface area contributed by atoms with Crippen molar-refractivity contribution in [3.05, 3.63) is 53.1 Å². The summed E-state index contributed by atoms with van der Waals surface area (Å²) in [6, 6.07) is 9.87. The largest absolute Gasteiger partial charge is 0.573 e. The van der Waals surface area contributed by atoms with Crippen molar-refractivity contribution < 1.29 is 17.9 Å². The van der Waals surface area contributed by atoms with Gasteiger partial charge in [0.1, 0.15) is 5.75 Å². The van der Waals surface area contributed by atoms with Crippen LogP contribution < -0.4 is 10.1 Å². The normalized spacial score (nSPS) is 11.7. The van der Waals surface area contributed by atoms with E-state index in [0.717, 1.165) is 34.6 Å². The van der Waals surface area contributed by atoms with Crippen molar-refractivity contribution in [1.82, 2.24) is 4.90 Å². The van der Waals surface area contributed by atoms with Gasteiger partial charge >= 0.3 is 6.36 Å². The Morgan fingerprint density at radius 3 is 2.37 bits per heavy atom.